The Kier molecular flexibility index (Phi) is 2.57. The molecule has 17 heavy (non-hydrogen) atoms. The molecule has 0 saturated heterocycles. The Morgan fingerprint density at radius 2 is 1.94 bits per heavy atom. The summed E-state index contributed by atoms with van der Waals surface area (Å²) in [6.07, 6.45) is -4.45. The molecule has 0 aliphatic heterocycles. The van der Waals surface area contributed by atoms with E-state index < -0.39 is 11.7 Å². The number of benzene rings is 1. The Hall–Kier alpha value is -1.98. The Labute approximate surface area is 95.0 Å². The van der Waals surface area contributed by atoms with Crippen LogP contribution in [0.2, 0.25) is 0 Å². The summed E-state index contributed by atoms with van der Waals surface area (Å²) in [5.74, 6) is 0.266. The standard InChI is InChI=1S/C11H9F3N2O/c1-17-6-2-3-7-8(11(12,13)14)5-10(15)16-9(7)4-6/h2-5H,1H3,(H2,15,16). The lowest BCUT2D eigenvalue weighted by molar-refractivity contribution is -0.136. The Balaban J connectivity index is 2.77. The van der Waals surface area contributed by atoms with Crippen LogP contribution in [0.4, 0.5) is 19.0 Å². The minimum atomic E-state index is -4.45. The maximum Gasteiger partial charge on any atom is 0.417 e. The summed E-state index contributed by atoms with van der Waals surface area (Å²) in [5.41, 5.74) is 4.74. The second kappa shape index (κ2) is 3.80. The van der Waals surface area contributed by atoms with Crippen LogP contribution in [-0.2, 0) is 6.18 Å². The van der Waals surface area contributed by atoms with Gasteiger partial charge >= 0.3 is 6.18 Å². The maximum absolute atomic E-state index is 12.8. The van der Waals surface area contributed by atoms with E-state index in [1.807, 2.05) is 0 Å². The highest BCUT2D eigenvalue weighted by Gasteiger charge is 2.33. The lowest BCUT2D eigenvalue weighted by atomic mass is 10.1. The SMILES string of the molecule is COc1ccc2c(C(F)(F)F)cc(N)nc2c1. The molecule has 2 N–H and O–H groups in total. The fourth-order valence-electron chi connectivity index (χ4n) is 1.59. The summed E-state index contributed by atoms with van der Waals surface area (Å²) in [6.45, 7) is 0. The molecule has 0 amide bonds. The Bertz CT molecular complexity index is 566. The zero-order valence-corrected chi connectivity index (χ0v) is 8.88. The van der Waals surface area contributed by atoms with Crippen molar-refractivity contribution >= 4 is 16.7 Å². The van der Waals surface area contributed by atoms with Gasteiger partial charge in [0, 0.05) is 11.5 Å². The zero-order chi connectivity index (χ0) is 12.6. The molecule has 1 heterocycles. The first-order valence-electron chi connectivity index (χ1n) is 4.73. The van der Waals surface area contributed by atoms with Gasteiger partial charge in [-0.15, -0.1) is 0 Å². The van der Waals surface area contributed by atoms with Gasteiger partial charge in [-0.1, -0.05) is 0 Å². The van der Waals surface area contributed by atoms with Gasteiger partial charge in [0.1, 0.15) is 11.6 Å². The van der Waals surface area contributed by atoms with Crippen molar-refractivity contribution < 1.29 is 17.9 Å². The van der Waals surface area contributed by atoms with Gasteiger partial charge in [-0.05, 0) is 18.2 Å². The topological polar surface area (TPSA) is 48.1 Å². The molecule has 90 valence electrons. The summed E-state index contributed by atoms with van der Waals surface area (Å²) in [5, 5.41) is 0.00694. The molecule has 3 nitrogen and oxygen atoms in total. The molecule has 0 unspecified atom stereocenters. The molecule has 0 fully saturated rings. The third-order valence-electron chi connectivity index (χ3n) is 2.34. The van der Waals surface area contributed by atoms with Crippen LogP contribution in [0.5, 0.6) is 5.75 Å². The van der Waals surface area contributed by atoms with E-state index in [9.17, 15) is 13.2 Å². The monoisotopic (exact) mass is 242 g/mol. The van der Waals surface area contributed by atoms with Crippen LogP contribution < -0.4 is 10.5 Å². The lowest BCUT2D eigenvalue weighted by Gasteiger charge is -2.11. The number of hydrogen-bond donors (Lipinski definition) is 1. The largest absolute Gasteiger partial charge is 0.497 e. The van der Waals surface area contributed by atoms with Crippen LogP contribution >= 0.6 is 0 Å². The van der Waals surface area contributed by atoms with Crippen LogP contribution in [0.25, 0.3) is 10.9 Å². The van der Waals surface area contributed by atoms with Crippen molar-refractivity contribution in [2.75, 3.05) is 12.8 Å². The number of anilines is 1. The van der Waals surface area contributed by atoms with Gasteiger partial charge in [0.05, 0.1) is 18.2 Å². The van der Waals surface area contributed by atoms with Crippen LogP contribution in [0.3, 0.4) is 0 Å². The molecule has 2 rings (SSSR count). The van der Waals surface area contributed by atoms with E-state index in [2.05, 4.69) is 4.98 Å². The quantitative estimate of drug-likeness (QED) is 0.836. The molecule has 0 spiro atoms. The van der Waals surface area contributed by atoms with E-state index >= 15 is 0 Å². The van der Waals surface area contributed by atoms with Crippen molar-refractivity contribution in [2.24, 2.45) is 0 Å². The molecule has 1 aromatic carbocycles. The minimum Gasteiger partial charge on any atom is -0.497 e. The number of aromatic nitrogens is 1. The molecule has 0 radical (unpaired) electrons. The number of nitrogens with two attached hydrogens (primary N) is 1. The molecular formula is C11H9F3N2O. The third-order valence-corrected chi connectivity index (χ3v) is 2.34. The second-order valence-electron chi connectivity index (χ2n) is 3.48. The fraction of sp³-hybridized carbons (Fsp3) is 0.182. The first-order valence-corrected chi connectivity index (χ1v) is 4.73. The van der Waals surface area contributed by atoms with Gasteiger partial charge in [-0.3, -0.25) is 0 Å². The van der Waals surface area contributed by atoms with Crippen molar-refractivity contribution in [3.05, 3.63) is 29.8 Å². The Morgan fingerprint density at radius 3 is 2.53 bits per heavy atom. The molecule has 0 bridgehead atoms. The average Bonchev–Trinajstić information content (AvgIpc) is 2.25. The number of methoxy groups -OCH3 is 1. The highest BCUT2D eigenvalue weighted by molar-refractivity contribution is 5.85. The van der Waals surface area contributed by atoms with Crippen molar-refractivity contribution in [3.63, 3.8) is 0 Å². The second-order valence-corrected chi connectivity index (χ2v) is 3.48. The highest BCUT2D eigenvalue weighted by atomic mass is 19.4. The number of alkyl halides is 3. The third kappa shape index (κ3) is 2.11. The van der Waals surface area contributed by atoms with Crippen LogP contribution in [-0.4, -0.2) is 12.1 Å². The first-order chi connectivity index (χ1) is 7.91. The van der Waals surface area contributed by atoms with Crippen molar-refractivity contribution in [3.8, 4) is 5.75 Å². The van der Waals surface area contributed by atoms with Crippen LogP contribution in [0.1, 0.15) is 5.56 Å². The number of rotatable bonds is 1. The van der Waals surface area contributed by atoms with E-state index in [-0.39, 0.29) is 16.7 Å². The predicted octanol–water partition coefficient (Wildman–Crippen LogP) is 2.84. The van der Waals surface area contributed by atoms with Gasteiger partial charge in [0.2, 0.25) is 0 Å². The molecule has 1 aromatic heterocycles. The van der Waals surface area contributed by atoms with E-state index in [0.29, 0.717) is 5.75 Å². The Morgan fingerprint density at radius 1 is 1.24 bits per heavy atom. The first kappa shape index (κ1) is 11.5. The molecule has 0 saturated carbocycles. The van der Waals surface area contributed by atoms with E-state index in [1.165, 1.54) is 25.3 Å². The van der Waals surface area contributed by atoms with Crippen LogP contribution in [0.15, 0.2) is 24.3 Å². The maximum atomic E-state index is 12.8. The summed E-state index contributed by atoms with van der Waals surface area (Å²) >= 11 is 0. The van der Waals surface area contributed by atoms with Gasteiger partial charge in [0.15, 0.2) is 0 Å². The summed E-state index contributed by atoms with van der Waals surface area (Å²) in [7, 11) is 1.43. The zero-order valence-electron chi connectivity index (χ0n) is 8.88. The fourth-order valence-corrected chi connectivity index (χ4v) is 1.59. The van der Waals surface area contributed by atoms with Gasteiger partial charge in [-0.2, -0.15) is 13.2 Å². The number of fused-ring (bicyclic) bond motifs is 1. The normalized spacial score (nSPS) is 11.8. The minimum absolute atomic E-state index is 0.00694. The van der Waals surface area contributed by atoms with Crippen molar-refractivity contribution in [1.82, 2.24) is 4.98 Å². The van der Waals surface area contributed by atoms with E-state index in [4.69, 9.17) is 10.5 Å². The molecule has 0 atom stereocenters. The number of halogens is 3. The summed E-state index contributed by atoms with van der Waals surface area (Å²) in [4.78, 5) is 3.86. The molecular weight excluding hydrogens is 233 g/mol. The predicted molar refractivity (Wildman–Crippen MR) is 57.7 cm³/mol. The number of nitrogens with zero attached hydrogens (tertiary/aromatic N) is 1. The number of pyridine rings is 1. The van der Waals surface area contributed by atoms with Gasteiger partial charge in [0.25, 0.3) is 0 Å². The molecule has 0 aliphatic rings. The smallest absolute Gasteiger partial charge is 0.417 e. The van der Waals surface area contributed by atoms with Crippen molar-refractivity contribution in [2.45, 2.75) is 6.18 Å². The summed E-state index contributed by atoms with van der Waals surface area (Å²) in [6, 6.07) is 5.02. The lowest BCUT2D eigenvalue weighted by Crippen LogP contribution is -2.08. The summed E-state index contributed by atoms with van der Waals surface area (Å²) < 4.78 is 43.2. The van der Waals surface area contributed by atoms with Crippen molar-refractivity contribution in [1.29, 1.82) is 0 Å². The number of hydrogen-bond acceptors (Lipinski definition) is 3. The van der Waals surface area contributed by atoms with E-state index in [0.717, 1.165) is 6.07 Å². The molecule has 6 heteroatoms. The molecule has 0 aliphatic carbocycles. The molecule has 2 aromatic rings. The van der Waals surface area contributed by atoms with Crippen LogP contribution in [0, 0.1) is 0 Å². The number of nitrogen functional groups attached to an aromatic ring is 1. The average molecular weight is 242 g/mol. The van der Waals surface area contributed by atoms with E-state index in [1.54, 1.807) is 0 Å². The van der Waals surface area contributed by atoms with Gasteiger partial charge < -0.3 is 10.5 Å². The highest BCUT2D eigenvalue weighted by Crippen LogP contribution is 2.36. The van der Waals surface area contributed by atoms with Gasteiger partial charge in [-0.25, -0.2) is 4.98 Å². The number of ether oxygens (including phenoxy) is 1.